The molecule has 0 unspecified atom stereocenters. The van der Waals surface area contributed by atoms with Crippen LogP contribution in [0.1, 0.15) is 26.2 Å². The van der Waals surface area contributed by atoms with Gasteiger partial charge in [-0.05, 0) is 24.2 Å². The summed E-state index contributed by atoms with van der Waals surface area (Å²) in [6.07, 6.45) is 8.29. The maximum Gasteiger partial charge on any atom is 0.0609 e. The van der Waals surface area contributed by atoms with Gasteiger partial charge in [0.1, 0.15) is 0 Å². The summed E-state index contributed by atoms with van der Waals surface area (Å²) in [5, 5.41) is 9.28. The van der Waals surface area contributed by atoms with Crippen molar-refractivity contribution >= 4 is 15.9 Å². The first kappa shape index (κ1) is 10.9. The van der Waals surface area contributed by atoms with Crippen LogP contribution in [0.2, 0.25) is 0 Å². The van der Waals surface area contributed by atoms with Gasteiger partial charge in [-0.25, -0.2) is 0 Å². The number of allylic oxidation sites excluding steroid dienone is 1. The van der Waals surface area contributed by atoms with Gasteiger partial charge in [-0.2, -0.15) is 0 Å². The zero-order valence-corrected chi connectivity index (χ0v) is 8.42. The molecule has 1 atom stereocenters. The summed E-state index contributed by atoms with van der Waals surface area (Å²) in [5.74, 6) is 0. The van der Waals surface area contributed by atoms with Crippen molar-refractivity contribution in [3.63, 3.8) is 0 Å². The lowest BCUT2D eigenvalue weighted by molar-refractivity contribution is 0.181. The van der Waals surface area contributed by atoms with Gasteiger partial charge in [-0.3, -0.25) is 0 Å². The second kappa shape index (κ2) is 8.02. The van der Waals surface area contributed by atoms with E-state index in [0.29, 0.717) is 0 Å². The highest BCUT2D eigenvalue weighted by Gasteiger charge is 1.96. The maximum absolute atomic E-state index is 9.28. The number of rotatable bonds is 5. The largest absolute Gasteiger partial charge is 0.392 e. The van der Waals surface area contributed by atoms with Gasteiger partial charge in [0.05, 0.1) is 6.10 Å². The summed E-state index contributed by atoms with van der Waals surface area (Å²) in [6.45, 7) is 2.08. The third kappa shape index (κ3) is 7.82. The highest BCUT2D eigenvalue weighted by molar-refractivity contribution is 9.11. The Labute approximate surface area is 76.9 Å². The van der Waals surface area contributed by atoms with E-state index < -0.39 is 0 Å². The molecular weight excluding hydrogens is 204 g/mol. The summed E-state index contributed by atoms with van der Waals surface area (Å²) < 4.78 is 0. The van der Waals surface area contributed by atoms with Crippen LogP contribution in [0, 0.1) is 0 Å². The summed E-state index contributed by atoms with van der Waals surface area (Å²) in [5.41, 5.74) is 0. The Bertz CT molecular complexity index is 130. The Morgan fingerprint density at radius 3 is 2.45 bits per heavy atom. The van der Waals surface area contributed by atoms with Crippen molar-refractivity contribution < 1.29 is 5.11 Å². The van der Waals surface area contributed by atoms with E-state index in [1.54, 1.807) is 4.99 Å². The molecule has 0 aromatic rings. The predicted molar refractivity (Wildman–Crippen MR) is 52.7 cm³/mol. The average Bonchev–Trinajstić information content (AvgIpc) is 2.01. The van der Waals surface area contributed by atoms with E-state index in [-0.39, 0.29) is 6.10 Å². The van der Waals surface area contributed by atoms with E-state index in [4.69, 9.17) is 0 Å². The van der Waals surface area contributed by atoms with Gasteiger partial charge in [0.2, 0.25) is 0 Å². The first-order valence-corrected chi connectivity index (χ1v) is 4.81. The molecule has 2 heteroatoms. The van der Waals surface area contributed by atoms with Gasteiger partial charge in [-0.1, -0.05) is 41.1 Å². The molecule has 0 rings (SSSR count). The standard InChI is InChI=1S/C9H15BrO/c1-2-3-4-6-9(11)7-5-8-10/h3-5,8-9,11H,2,6-7H2,1H3/b4-3-,8-5-/t9-/m0/s1. The number of halogens is 1. The SMILES string of the molecule is CC/C=C\C[C@H](O)C/C=C\Br. The molecule has 0 aromatic heterocycles. The molecule has 0 radical (unpaired) electrons. The van der Waals surface area contributed by atoms with E-state index in [1.807, 2.05) is 12.2 Å². The molecular formula is C9H15BrO. The summed E-state index contributed by atoms with van der Waals surface area (Å²) in [7, 11) is 0. The van der Waals surface area contributed by atoms with Gasteiger partial charge in [0, 0.05) is 0 Å². The second-order valence-corrected chi connectivity index (χ2v) is 2.90. The van der Waals surface area contributed by atoms with Crippen molar-refractivity contribution in [3.05, 3.63) is 23.2 Å². The van der Waals surface area contributed by atoms with Crippen LogP contribution in [0.4, 0.5) is 0 Å². The van der Waals surface area contributed by atoms with Crippen molar-refractivity contribution in [1.82, 2.24) is 0 Å². The highest BCUT2D eigenvalue weighted by atomic mass is 79.9. The lowest BCUT2D eigenvalue weighted by Gasteiger charge is -2.01. The van der Waals surface area contributed by atoms with Crippen LogP contribution in [0.15, 0.2) is 23.2 Å². The zero-order valence-electron chi connectivity index (χ0n) is 6.83. The minimum atomic E-state index is -0.230. The molecule has 64 valence electrons. The number of aliphatic hydroxyl groups is 1. The molecule has 0 aliphatic carbocycles. The van der Waals surface area contributed by atoms with Gasteiger partial charge >= 0.3 is 0 Å². The van der Waals surface area contributed by atoms with Crippen LogP contribution in [-0.2, 0) is 0 Å². The van der Waals surface area contributed by atoms with Crippen LogP contribution < -0.4 is 0 Å². The maximum atomic E-state index is 9.28. The molecule has 0 heterocycles. The smallest absolute Gasteiger partial charge is 0.0609 e. The van der Waals surface area contributed by atoms with Crippen LogP contribution in [-0.4, -0.2) is 11.2 Å². The summed E-state index contributed by atoms with van der Waals surface area (Å²) in [6, 6.07) is 0. The van der Waals surface area contributed by atoms with Crippen LogP contribution in [0.3, 0.4) is 0 Å². The number of hydrogen-bond donors (Lipinski definition) is 1. The molecule has 0 bridgehead atoms. The lowest BCUT2D eigenvalue weighted by atomic mass is 10.2. The van der Waals surface area contributed by atoms with Gasteiger partial charge in [0.25, 0.3) is 0 Å². The Balaban J connectivity index is 3.36. The summed E-state index contributed by atoms with van der Waals surface area (Å²) in [4.78, 5) is 1.78. The quantitative estimate of drug-likeness (QED) is 0.704. The van der Waals surface area contributed by atoms with Crippen molar-refractivity contribution in [2.24, 2.45) is 0 Å². The van der Waals surface area contributed by atoms with Crippen molar-refractivity contribution in [1.29, 1.82) is 0 Å². The van der Waals surface area contributed by atoms with E-state index >= 15 is 0 Å². The average molecular weight is 219 g/mol. The monoisotopic (exact) mass is 218 g/mol. The third-order valence-electron chi connectivity index (χ3n) is 1.31. The van der Waals surface area contributed by atoms with Gasteiger partial charge < -0.3 is 5.11 Å². The summed E-state index contributed by atoms with van der Waals surface area (Å²) >= 11 is 3.15. The molecule has 0 aromatic carbocycles. The van der Waals surface area contributed by atoms with Crippen molar-refractivity contribution in [2.45, 2.75) is 32.3 Å². The van der Waals surface area contributed by atoms with E-state index in [1.165, 1.54) is 0 Å². The fraction of sp³-hybridized carbons (Fsp3) is 0.556. The van der Waals surface area contributed by atoms with Crippen molar-refractivity contribution in [2.75, 3.05) is 0 Å². The number of hydrogen-bond acceptors (Lipinski definition) is 1. The lowest BCUT2D eigenvalue weighted by Crippen LogP contribution is -2.01. The Morgan fingerprint density at radius 2 is 1.91 bits per heavy atom. The van der Waals surface area contributed by atoms with Crippen LogP contribution in [0.5, 0.6) is 0 Å². The zero-order chi connectivity index (χ0) is 8.53. The van der Waals surface area contributed by atoms with Gasteiger partial charge in [0.15, 0.2) is 0 Å². The fourth-order valence-electron chi connectivity index (χ4n) is 0.725. The normalized spacial score (nSPS) is 14.8. The molecule has 0 fully saturated rings. The fourth-order valence-corrected chi connectivity index (χ4v) is 0.941. The molecule has 1 N–H and O–H groups in total. The molecule has 11 heavy (non-hydrogen) atoms. The Morgan fingerprint density at radius 1 is 1.27 bits per heavy atom. The van der Waals surface area contributed by atoms with Gasteiger partial charge in [-0.15, -0.1) is 0 Å². The minimum absolute atomic E-state index is 0.230. The van der Waals surface area contributed by atoms with E-state index in [9.17, 15) is 5.11 Å². The molecule has 0 saturated carbocycles. The molecule has 0 amide bonds. The Hall–Kier alpha value is -0.0800. The molecule has 0 spiro atoms. The Kier molecular flexibility index (Phi) is 7.96. The van der Waals surface area contributed by atoms with E-state index in [0.717, 1.165) is 19.3 Å². The molecule has 1 nitrogen and oxygen atoms in total. The van der Waals surface area contributed by atoms with Crippen LogP contribution >= 0.6 is 15.9 Å². The van der Waals surface area contributed by atoms with Crippen LogP contribution in [0.25, 0.3) is 0 Å². The third-order valence-corrected chi connectivity index (χ3v) is 1.68. The molecule has 0 saturated heterocycles. The molecule has 0 aliphatic rings. The van der Waals surface area contributed by atoms with E-state index in [2.05, 4.69) is 28.9 Å². The highest BCUT2D eigenvalue weighted by Crippen LogP contribution is 2.01. The number of aliphatic hydroxyl groups excluding tert-OH is 1. The first-order chi connectivity index (χ1) is 5.31. The topological polar surface area (TPSA) is 20.2 Å². The first-order valence-electron chi connectivity index (χ1n) is 3.89. The second-order valence-electron chi connectivity index (χ2n) is 2.37. The minimum Gasteiger partial charge on any atom is -0.392 e. The predicted octanol–water partition coefficient (Wildman–Crippen LogP) is 3.00. The molecule has 0 aliphatic heterocycles. The van der Waals surface area contributed by atoms with Crippen molar-refractivity contribution in [3.8, 4) is 0 Å².